The topological polar surface area (TPSA) is 52.6 Å². The van der Waals surface area contributed by atoms with Crippen LogP contribution in [0, 0.1) is 0 Å². The van der Waals surface area contributed by atoms with Crippen LogP contribution in [0.1, 0.15) is 37.8 Å². The first-order valence-electron chi connectivity index (χ1n) is 7.95. The maximum Gasteiger partial charge on any atom is 0.417 e. The number of carbonyl (C=O) groups excluding carboxylic acids is 2. The van der Waals surface area contributed by atoms with Gasteiger partial charge < -0.3 is 9.47 Å². The van der Waals surface area contributed by atoms with E-state index in [4.69, 9.17) is 9.47 Å². The molecule has 24 heavy (non-hydrogen) atoms. The van der Waals surface area contributed by atoms with Crippen LogP contribution in [-0.2, 0) is 19.1 Å². The van der Waals surface area contributed by atoms with Gasteiger partial charge in [-0.1, -0.05) is 48.5 Å². The predicted octanol–water partition coefficient (Wildman–Crippen LogP) is 3.68. The summed E-state index contributed by atoms with van der Waals surface area (Å²) in [7, 11) is 0. The van der Waals surface area contributed by atoms with E-state index < -0.39 is 17.5 Å². The van der Waals surface area contributed by atoms with E-state index in [1.165, 1.54) is 0 Å². The van der Waals surface area contributed by atoms with Crippen molar-refractivity contribution in [2.75, 3.05) is 6.61 Å². The van der Waals surface area contributed by atoms with Crippen molar-refractivity contribution in [2.45, 2.75) is 32.3 Å². The van der Waals surface area contributed by atoms with Gasteiger partial charge in [0.15, 0.2) is 0 Å². The van der Waals surface area contributed by atoms with Crippen LogP contribution in [0.4, 0.5) is 0 Å². The van der Waals surface area contributed by atoms with Crippen molar-refractivity contribution in [3.63, 3.8) is 0 Å². The second kappa shape index (κ2) is 6.11. The lowest BCUT2D eigenvalue weighted by Gasteiger charge is -2.19. The molecule has 0 aliphatic heterocycles. The van der Waals surface area contributed by atoms with E-state index >= 15 is 0 Å². The number of ether oxygens (including phenoxy) is 2. The predicted molar refractivity (Wildman–Crippen MR) is 90.5 cm³/mol. The largest absolute Gasteiger partial charge is 0.456 e. The fourth-order valence-electron chi connectivity index (χ4n) is 2.98. The normalized spacial score (nSPS) is 13.1. The zero-order valence-electron chi connectivity index (χ0n) is 14.0. The molecule has 2 aromatic carbocycles. The van der Waals surface area contributed by atoms with Gasteiger partial charge in [-0.2, -0.15) is 0 Å². The van der Waals surface area contributed by atoms with Crippen LogP contribution in [0.25, 0.3) is 11.1 Å². The van der Waals surface area contributed by atoms with E-state index in [0.29, 0.717) is 0 Å². The quantitative estimate of drug-likeness (QED) is 0.624. The number of carbonyl (C=O) groups is 2. The summed E-state index contributed by atoms with van der Waals surface area (Å²) in [6.45, 7) is 5.25. The van der Waals surface area contributed by atoms with Crippen molar-refractivity contribution >= 4 is 11.9 Å². The highest BCUT2D eigenvalue weighted by molar-refractivity contribution is 6.29. The molecule has 0 radical (unpaired) electrons. The summed E-state index contributed by atoms with van der Waals surface area (Å²) in [5.41, 5.74) is 3.78. The fraction of sp³-hybridized carbons (Fsp3) is 0.300. The molecule has 0 saturated carbocycles. The van der Waals surface area contributed by atoms with Gasteiger partial charge in [0.25, 0.3) is 0 Å². The average Bonchev–Trinajstić information content (AvgIpc) is 2.85. The summed E-state index contributed by atoms with van der Waals surface area (Å²) in [4.78, 5) is 23.7. The Morgan fingerprint density at radius 3 is 1.88 bits per heavy atom. The molecule has 2 aromatic rings. The minimum absolute atomic E-state index is 0.0659. The van der Waals surface area contributed by atoms with Gasteiger partial charge in [-0.05, 0) is 43.0 Å². The van der Waals surface area contributed by atoms with Gasteiger partial charge in [0.2, 0.25) is 0 Å². The maximum absolute atomic E-state index is 11.9. The number of benzene rings is 2. The summed E-state index contributed by atoms with van der Waals surface area (Å²) in [6, 6.07) is 16.1. The van der Waals surface area contributed by atoms with Gasteiger partial charge in [0, 0.05) is 5.92 Å². The van der Waals surface area contributed by atoms with Crippen LogP contribution in [0.15, 0.2) is 48.5 Å². The number of esters is 2. The fourth-order valence-corrected chi connectivity index (χ4v) is 2.98. The Labute approximate surface area is 141 Å². The van der Waals surface area contributed by atoms with Crippen LogP contribution in [0.5, 0.6) is 0 Å². The summed E-state index contributed by atoms with van der Waals surface area (Å²) < 4.78 is 10.3. The molecular formula is C20H20O4. The molecule has 1 aliphatic rings. The Bertz CT molecular complexity index is 741. The smallest absolute Gasteiger partial charge is 0.417 e. The van der Waals surface area contributed by atoms with Crippen LogP contribution in [0.3, 0.4) is 0 Å². The summed E-state index contributed by atoms with van der Waals surface area (Å²) in [6.07, 6.45) is 0. The standard InChI is InChI=1S/C20H20O4/c1-20(2,3)24-19(22)18(21)23-12-17-15-10-6-4-8-13(15)14-9-5-7-11-16(14)17/h4-11,17H,12H2,1-3H3. The molecule has 0 unspecified atom stereocenters. The summed E-state index contributed by atoms with van der Waals surface area (Å²) in [5, 5.41) is 0. The number of hydrogen-bond donors (Lipinski definition) is 0. The first kappa shape index (κ1) is 16.2. The molecule has 3 rings (SSSR count). The Morgan fingerprint density at radius 2 is 1.38 bits per heavy atom. The van der Waals surface area contributed by atoms with Gasteiger partial charge in [0.1, 0.15) is 12.2 Å². The lowest BCUT2D eigenvalue weighted by atomic mass is 9.98. The molecule has 0 heterocycles. The van der Waals surface area contributed by atoms with Gasteiger partial charge in [-0.15, -0.1) is 0 Å². The molecule has 0 N–H and O–H groups in total. The molecule has 0 amide bonds. The lowest BCUT2D eigenvalue weighted by molar-refractivity contribution is -0.174. The SMILES string of the molecule is CC(C)(C)OC(=O)C(=O)OCC1c2ccccc2-c2ccccc21. The van der Waals surface area contributed by atoms with Crippen LogP contribution >= 0.6 is 0 Å². The Balaban J connectivity index is 1.76. The molecule has 124 valence electrons. The Hall–Kier alpha value is -2.62. The molecular weight excluding hydrogens is 304 g/mol. The highest BCUT2D eigenvalue weighted by atomic mass is 16.6. The molecule has 0 fully saturated rings. The van der Waals surface area contributed by atoms with Crippen molar-refractivity contribution in [2.24, 2.45) is 0 Å². The zero-order valence-corrected chi connectivity index (χ0v) is 14.0. The van der Waals surface area contributed by atoms with E-state index in [2.05, 4.69) is 12.1 Å². The highest BCUT2D eigenvalue weighted by Gasteiger charge is 2.31. The molecule has 0 aromatic heterocycles. The van der Waals surface area contributed by atoms with Gasteiger partial charge in [-0.25, -0.2) is 9.59 Å². The van der Waals surface area contributed by atoms with Gasteiger partial charge >= 0.3 is 11.9 Å². The number of fused-ring (bicyclic) bond motifs is 3. The third-order valence-corrected chi connectivity index (χ3v) is 3.91. The molecule has 4 nitrogen and oxygen atoms in total. The number of hydrogen-bond acceptors (Lipinski definition) is 4. The molecule has 0 spiro atoms. The van der Waals surface area contributed by atoms with E-state index in [9.17, 15) is 9.59 Å². The minimum atomic E-state index is -0.956. The second-order valence-electron chi connectivity index (χ2n) is 6.83. The highest BCUT2D eigenvalue weighted by Crippen LogP contribution is 2.44. The van der Waals surface area contributed by atoms with E-state index in [1.807, 2.05) is 36.4 Å². The average molecular weight is 324 g/mol. The van der Waals surface area contributed by atoms with Crippen molar-refractivity contribution in [1.82, 2.24) is 0 Å². The molecule has 4 heteroatoms. The number of rotatable bonds is 2. The molecule has 0 bridgehead atoms. The second-order valence-corrected chi connectivity index (χ2v) is 6.83. The van der Waals surface area contributed by atoms with E-state index in [0.717, 1.165) is 22.3 Å². The first-order chi connectivity index (χ1) is 11.4. The van der Waals surface area contributed by atoms with Crippen LogP contribution in [-0.4, -0.2) is 24.1 Å². The third-order valence-electron chi connectivity index (χ3n) is 3.91. The van der Waals surface area contributed by atoms with Crippen LogP contribution < -0.4 is 0 Å². The first-order valence-corrected chi connectivity index (χ1v) is 7.95. The van der Waals surface area contributed by atoms with Crippen molar-refractivity contribution < 1.29 is 19.1 Å². The van der Waals surface area contributed by atoms with E-state index in [1.54, 1.807) is 20.8 Å². The van der Waals surface area contributed by atoms with Crippen molar-refractivity contribution in [3.8, 4) is 11.1 Å². The van der Waals surface area contributed by atoms with Gasteiger partial charge in [0.05, 0.1) is 0 Å². The molecule has 0 saturated heterocycles. The van der Waals surface area contributed by atoms with E-state index in [-0.39, 0.29) is 12.5 Å². The Kier molecular flexibility index (Phi) is 4.14. The van der Waals surface area contributed by atoms with Crippen molar-refractivity contribution in [1.29, 1.82) is 0 Å². The molecule has 0 atom stereocenters. The maximum atomic E-state index is 11.9. The monoisotopic (exact) mass is 324 g/mol. The summed E-state index contributed by atoms with van der Waals surface area (Å²) >= 11 is 0. The minimum Gasteiger partial charge on any atom is -0.456 e. The Morgan fingerprint density at radius 1 is 0.875 bits per heavy atom. The lowest BCUT2D eigenvalue weighted by Crippen LogP contribution is -2.30. The van der Waals surface area contributed by atoms with Crippen molar-refractivity contribution in [3.05, 3.63) is 59.7 Å². The van der Waals surface area contributed by atoms with Crippen LogP contribution in [0.2, 0.25) is 0 Å². The summed E-state index contributed by atoms with van der Waals surface area (Å²) in [5.74, 6) is -1.97. The third kappa shape index (κ3) is 3.18. The van der Waals surface area contributed by atoms with Gasteiger partial charge in [-0.3, -0.25) is 0 Å². The zero-order chi connectivity index (χ0) is 17.3. The molecule has 1 aliphatic carbocycles.